The zero-order valence-electron chi connectivity index (χ0n) is 9.24. The lowest BCUT2D eigenvalue weighted by Crippen LogP contribution is -2.33. The van der Waals surface area contributed by atoms with E-state index in [0.29, 0.717) is 11.3 Å². The topological polar surface area (TPSA) is 26.3 Å². The zero-order valence-corrected chi connectivity index (χ0v) is 9.99. The molecule has 3 heteroatoms. The summed E-state index contributed by atoms with van der Waals surface area (Å²) in [7, 11) is 0. The van der Waals surface area contributed by atoms with Gasteiger partial charge in [0.1, 0.15) is 5.76 Å². The van der Waals surface area contributed by atoms with Crippen LogP contribution in [0.2, 0.25) is 0 Å². The van der Waals surface area contributed by atoms with E-state index in [2.05, 4.69) is 0 Å². The van der Waals surface area contributed by atoms with Crippen molar-refractivity contribution in [1.29, 1.82) is 0 Å². The lowest BCUT2D eigenvalue weighted by Gasteiger charge is -2.29. The number of hydrogen-bond donors (Lipinski definition) is 0. The Labute approximate surface area is 99.9 Å². The molecule has 0 aliphatic heterocycles. The molecule has 2 nitrogen and oxygen atoms in total. The molecule has 0 radical (unpaired) electrons. The van der Waals surface area contributed by atoms with E-state index in [-0.39, 0.29) is 11.9 Å². The lowest BCUT2D eigenvalue weighted by atomic mass is 9.87. The van der Waals surface area contributed by atoms with Crippen molar-refractivity contribution in [2.24, 2.45) is 0 Å². The average Bonchev–Trinajstić information content (AvgIpc) is 2.29. The van der Waals surface area contributed by atoms with Crippen molar-refractivity contribution in [1.82, 2.24) is 0 Å². The largest absolute Gasteiger partial charge is 0.492 e. The first kappa shape index (κ1) is 11.2. The van der Waals surface area contributed by atoms with Gasteiger partial charge in [0.2, 0.25) is 0 Å². The van der Waals surface area contributed by atoms with Crippen LogP contribution in [0.1, 0.15) is 19.4 Å². The minimum Gasteiger partial charge on any atom is -0.492 e. The van der Waals surface area contributed by atoms with Crippen molar-refractivity contribution in [3.63, 3.8) is 0 Å². The Morgan fingerprint density at radius 2 is 1.88 bits per heavy atom. The summed E-state index contributed by atoms with van der Waals surface area (Å²) >= 11 is 5.92. The van der Waals surface area contributed by atoms with Crippen molar-refractivity contribution < 1.29 is 9.53 Å². The summed E-state index contributed by atoms with van der Waals surface area (Å²) in [5.74, 6) is 0.552. The first-order chi connectivity index (χ1) is 7.61. The predicted octanol–water partition coefficient (Wildman–Crippen LogP) is 3.01. The smallest absolute Gasteiger partial charge is 0.192 e. The summed E-state index contributed by atoms with van der Waals surface area (Å²) in [6.07, 6.45) is 0.0306. The molecule has 0 N–H and O–H groups in total. The fourth-order valence-electron chi connectivity index (χ4n) is 1.68. The monoisotopic (exact) mass is 236 g/mol. The third kappa shape index (κ3) is 1.85. The Morgan fingerprint density at radius 1 is 1.25 bits per heavy atom. The minimum atomic E-state index is -0.613. The normalized spacial score (nSPS) is 20.0. The van der Waals surface area contributed by atoms with E-state index in [1.807, 2.05) is 44.2 Å². The maximum absolute atomic E-state index is 11.7. The molecule has 0 amide bonds. The number of ether oxygens (including phenoxy) is 1. The maximum atomic E-state index is 11.7. The Kier molecular flexibility index (Phi) is 3.01. The second-order valence-electron chi connectivity index (χ2n) is 4.00. The van der Waals surface area contributed by atoms with Gasteiger partial charge in [-0.2, -0.15) is 0 Å². The van der Waals surface area contributed by atoms with E-state index >= 15 is 0 Å². The molecular formula is C13H13ClO2. The van der Waals surface area contributed by atoms with E-state index in [1.165, 1.54) is 0 Å². The van der Waals surface area contributed by atoms with Crippen molar-refractivity contribution in [3.05, 3.63) is 41.7 Å². The molecule has 16 heavy (non-hydrogen) atoms. The third-order valence-electron chi connectivity index (χ3n) is 2.38. The van der Waals surface area contributed by atoms with Crippen molar-refractivity contribution in [2.75, 3.05) is 0 Å². The van der Waals surface area contributed by atoms with Crippen LogP contribution in [0.15, 0.2) is 36.1 Å². The van der Waals surface area contributed by atoms with Crippen LogP contribution in [0, 0.1) is 0 Å². The quantitative estimate of drug-likeness (QED) is 0.755. The highest BCUT2D eigenvalue weighted by Crippen LogP contribution is 2.37. The second-order valence-corrected chi connectivity index (χ2v) is 4.44. The van der Waals surface area contributed by atoms with E-state index in [4.69, 9.17) is 16.3 Å². The number of carbonyl (C=O) groups excluding carboxylic acids is 1. The molecule has 1 aliphatic carbocycles. The molecule has 0 saturated carbocycles. The summed E-state index contributed by atoms with van der Waals surface area (Å²) in [6.45, 7) is 3.84. The maximum Gasteiger partial charge on any atom is 0.192 e. The summed E-state index contributed by atoms with van der Waals surface area (Å²) < 4.78 is 5.56. The lowest BCUT2D eigenvalue weighted by molar-refractivity contribution is -0.115. The molecule has 0 heterocycles. The Balaban J connectivity index is 2.37. The molecule has 0 aromatic heterocycles. The predicted molar refractivity (Wildman–Crippen MR) is 64.2 cm³/mol. The Hall–Kier alpha value is -1.28. The molecule has 1 aliphatic rings. The third-order valence-corrected chi connectivity index (χ3v) is 2.77. The number of halogens is 1. The number of alkyl halides is 1. The van der Waals surface area contributed by atoms with Gasteiger partial charge >= 0.3 is 0 Å². The van der Waals surface area contributed by atoms with Crippen LogP contribution in [0.4, 0.5) is 0 Å². The van der Waals surface area contributed by atoms with Gasteiger partial charge in [0, 0.05) is 0 Å². The highest BCUT2D eigenvalue weighted by molar-refractivity contribution is 6.48. The Bertz CT molecular complexity index is 435. The molecule has 0 spiro atoms. The molecule has 1 atom stereocenters. The molecule has 1 unspecified atom stereocenters. The number of rotatable bonds is 3. The van der Waals surface area contributed by atoms with Crippen LogP contribution in [-0.4, -0.2) is 17.3 Å². The molecule has 1 aromatic carbocycles. The average molecular weight is 237 g/mol. The molecule has 0 fully saturated rings. The zero-order chi connectivity index (χ0) is 11.7. The number of carbonyl (C=O) groups is 1. The van der Waals surface area contributed by atoms with E-state index in [9.17, 15) is 4.79 Å². The number of allylic oxidation sites excluding steroid dienone is 2. The highest BCUT2D eigenvalue weighted by Gasteiger charge is 2.40. The number of ketones is 1. The molecule has 0 bridgehead atoms. The van der Waals surface area contributed by atoms with Crippen molar-refractivity contribution in [3.8, 4) is 0 Å². The van der Waals surface area contributed by atoms with E-state index in [0.717, 1.165) is 5.56 Å². The molecule has 84 valence electrons. The number of benzene rings is 1. The van der Waals surface area contributed by atoms with Gasteiger partial charge in [0.15, 0.2) is 11.2 Å². The minimum absolute atomic E-state index is 0.0306. The van der Waals surface area contributed by atoms with Crippen molar-refractivity contribution in [2.45, 2.75) is 25.3 Å². The first-order valence-electron chi connectivity index (χ1n) is 5.25. The molecule has 0 saturated heterocycles. The number of hydrogen-bond acceptors (Lipinski definition) is 2. The summed E-state index contributed by atoms with van der Waals surface area (Å²) in [4.78, 5) is 11.7. The van der Waals surface area contributed by atoms with Gasteiger partial charge in [-0.05, 0) is 19.4 Å². The van der Waals surface area contributed by atoms with Gasteiger partial charge in [0.05, 0.1) is 11.7 Å². The van der Waals surface area contributed by atoms with Gasteiger partial charge in [-0.25, -0.2) is 0 Å². The van der Waals surface area contributed by atoms with Gasteiger partial charge < -0.3 is 4.74 Å². The van der Waals surface area contributed by atoms with E-state index < -0.39 is 5.38 Å². The summed E-state index contributed by atoms with van der Waals surface area (Å²) in [5.41, 5.74) is 1.49. The standard InChI is InChI=1S/C13H13ClO2/c1-8(2)16-13-10(12(15)11(13)14)9-6-4-3-5-7-9/h3-8,11H,1-2H3. The van der Waals surface area contributed by atoms with Gasteiger partial charge in [-0.1, -0.05) is 30.3 Å². The Morgan fingerprint density at radius 3 is 2.44 bits per heavy atom. The van der Waals surface area contributed by atoms with Crippen LogP contribution < -0.4 is 0 Å². The van der Waals surface area contributed by atoms with Crippen LogP contribution >= 0.6 is 11.6 Å². The molecular weight excluding hydrogens is 224 g/mol. The van der Waals surface area contributed by atoms with Gasteiger partial charge in [-0.3, -0.25) is 4.79 Å². The van der Waals surface area contributed by atoms with Gasteiger partial charge in [0.25, 0.3) is 0 Å². The molecule has 2 rings (SSSR count). The highest BCUT2D eigenvalue weighted by atomic mass is 35.5. The van der Waals surface area contributed by atoms with E-state index in [1.54, 1.807) is 0 Å². The summed E-state index contributed by atoms with van der Waals surface area (Å²) in [6, 6.07) is 9.47. The van der Waals surface area contributed by atoms with Gasteiger partial charge in [-0.15, -0.1) is 11.6 Å². The van der Waals surface area contributed by atoms with Crippen LogP contribution in [-0.2, 0) is 9.53 Å². The van der Waals surface area contributed by atoms with Crippen LogP contribution in [0.25, 0.3) is 5.57 Å². The van der Waals surface area contributed by atoms with Crippen LogP contribution in [0.5, 0.6) is 0 Å². The fourth-order valence-corrected chi connectivity index (χ4v) is 1.95. The second kappa shape index (κ2) is 4.30. The van der Waals surface area contributed by atoms with Crippen LogP contribution in [0.3, 0.4) is 0 Å². The summed E-state index contributed by atoms with van der Waals surface area (Å²) in [5, 5.41) is -0.613. The number of Topliss-reactive ketones (excluding diaryl/α,β-unsaturated/α-hetero) is 1. The molecule has 1 aromatic rings. The van der Waals surface area contributed by atoms with Crippen molar-refractivity contribution >= 4 is 23.0 Å². The fraction of sp³-hybridized carbons (Fsp3) is 0.308. The first-order valence-corrected chi connectivity index (χ1v) is 5.69. The SMILES string of the molecule is CC(C)OC1=C(c2ccccc2)C(=O)C1Cl.